The third-order valence-electron chi connectivity index (χ3n) is 4.04. The minimum Gasteiger partial charge on any atom is -0.338 e. The highest BCUT2D eigenvalue weighted by Crippen LogP contribution is 2.25. The fraction of sp³-hybridized carbons (Fsp3) is 0.400. The molecule has 0 bridgehead atoms. The summed E-state index contributed by atoms with van der Waals surface area (Å²) in [5, 5.41) is 8.63. The molecule has 0 atom stereocenters. The van der Waals surface area contributed by atoms with Crippen LogP contribution >= 0.6 is 12.4 Å². The van der Waals surface area contributed by atoms with Gasteiger partial charge in [0.25, 0.3) is 0 Å². The molecule has 0 saturated carbocycles. The lowest BCUT2D eigenvalue weighted by Crippen LogP contribution is -2.44. The van der Waals surface area contributed by atoms with Crippen LogP contribution in [0, 0.1) is 19.7 Å². The summed E-state index contributed by atoms with van der Waals surface area (Å²) in [5.41, 5.74) is 1.95. The van der Waals surface area contributed by atoms with Gasteiger partial charge in [0.05, 0.1) is 5.52 Å². The van der Waals surface area contributed by atoms with Crippen LogP contribution in [0.3, 0.4) is 0 Å². The van der Waals surface area contributed by atoms with E-state index in [4.69, 9.17) is 0 Å². The van der Waals surface area contributed by atoms with Gasteiger partial charge in [-0.1, -0.05) is 0 Å². The lowest BCUT2D eigenvalue weighted by atomic mass is 10.1. The van der Waals surface area contributed by atoms with Crippen LogP contribution in [0.4, 0.5) is 10.3 Å². The van der Waals surface area contributed by atoms with Gasteiger partial charge in [-0.25, -0.2) is 14.4 Å². The second-order valence-corrected chi connectivity index (χ2v) is 5.66. The van der Waals surface area contributed by atoms with Crippen LogP contribution < -0.4 is 10.2 Å². The summed E-state index contributed by atoms with van der Waals surface area (Å²) in [4.78, 5) is 11.3. The molecule has 3 heterocycles. The minimum atomic E-state index is -0.244. The third-order valence-corrected chi connectivity index (χ3v) is 4.04. The Morgan fingerprint density at radius 3 is 2.61 bits per heavy atom. The van der Waals surface area contributed by atoms with Gasteiger partial charge in [-0.05, 0) is 25.5 Å². The highest BCUT2D eigenvalue weighted by atomic mass is 35.5. The summed E-state index contributed by atoms with van der Waals surface area (Å²) in [7, 11) is 0. The molecule has 0 amide bonds. The van der Waals surface area contributed by atoms with Crippen molar-refractivity contribution in [2.75, 3.05) is 31.1 Å². The number of nitrogens with one attached hydrogen (secondary N) is 1. The molecule has 2 aromatic heterocycles. The van der Waals surface area contributed by atoms with Gasteiger partial charge in [-0.15, -0.1) is 17.5 Å². The second kappa shape index (κ2) is 5.90. The van der Waals surface area contributed by atoms with Crippen molar-refractivity contribution in [3.8, 4) is 0 Å². The molecular weight excluding hydrogens is 319 g/mol. The normalized spacial score (nSPS) is 15.2. The van der Waals surface area contributed by atoms with Crippen molar-refractivity contribution >= 4 is 34.9 Å². The molecule has 1 aromatic carbocycles. The first-order valence-electron chi connectivity index (χ1n) is 7.42. The zero-order chi connectivity index (χ0) is 15.3. The van der Waals surface area contributed by atoms with E-state index in [9.17, 15) is 4.39 Å². The van der Waals surface area contributed by atoms with Gasteiger partial charge in [-0.3, -0.25) is 0 Å². The van der Waals surface area contributed by atoms with Crippen molar-refractivity contribution in [2.24, 2.45) is 0 Å². The highest BCUT2D eigenvalue weighted by Gasteiger charge is 2.19. The largest absolute Gasteiger partial charge is 0.338 e. The molecule has 8 heteroatoms. The number of fused-ring (bicyclic) bond motifs is 3. The number of hydrogen-bond acceptors (Lipinski definition) is 5. The number of piperazine rings is 1. The quantitative estimate of drug-likeness (QED) is 0.735. The van der Waals surface area contributed by atoms with Crippen LogP contribution in [-0.2, 0) is 0 Å². The predicted octanol–water partition coefficient (Wildman–Crippen LogP) is 1.86. The van der Waals surface area contributed by atoms with Gasteiger partial charge in [0.15, 0.2) is 5.65 Å². The standard InChI is InChI=1S/C15H17FN6.ClH/c1-9-7-11-13(8-12(9)16)19-15(21-5-3-17-4-6-21)22-14(11)18-10(2)20-22;/h7-8,17H,3-6H2,1-2H3;1H. The lowest BCUT2D eigenvalue weighted by molar-refractivity contribution is 0.574. The van der Waals surface area contributed by atoms with E-state index in [2.05, 4.69) is 25.3 Å². The Hall–Kier alpha value is -1.99. The number of benzene rings is 1. The van der Waals surface area contributed by atoms with Crippen LogP contribution in [0.2, 0.25) is 0 Å². The molecule has 1 aliphatic heterocycles. The topological polar surface area (TPSA) is 58.4 Å². The zero-order valence-electron chi connectivity index (χ0n) is 13.0. The molecular formula is C15H18ClFN6. The van der Waals surface area contributed by atoms with Crippen LogP contribution in [0.25, 0.3) is 16.6 Å². The fourth-order valence-corrected chi connectivity index (χ4v) is 2.90. The predicted molar refractivity (Wildman–Crippen MR) is 90.1 cm³/mol. The first-order chi connectivity index (χ1) is 10.6. The average Bonchev–Trinajstić information content (AvgIpc) is 2.91. The summed E-state index contributed by atoms with van der Waals surface area (Å²) < 4.78 is 15.7. The summed E-state index contributed by atoms with van der Waals surface area (Å²) in [6.45, 7) is 7.10. The molecule has 122 valence electrons. The minimum absolute atomic E-state index is 0. The van der Waals surface area contributed by atoms with Crippen molar-refractivity contribution in [3.05, 3.63) is 29.3 Å². The lowest BCUT2D eigenvalue weighted by Gasteiger charge is -2.28. The molecule has 4 rings (SSSR count). The molecule has 1 fully saturated rings. The summed E-state index contributed by atoms with van der Waals surface area (Å²) >= 11 is 0. The maximum atomic E-state index is 13.9. The van der Waals surface area contributed by atoms with E-state index in [0.29, 0.717) is 16.9 Å². The van der Waals surface area contributed by atoms with Gasteiger partial charge in [0.1, 0.15) is 11.6 Å². The smallest absolute Gasteiger partial charge is 0.229 e. The summed E-state index contributed by atoms with van der Waals surface area (Å²) in [6.07, 6.45) is 0. The van der Waals surface area contributed by atoms with Crippen molar-refractivity contribution in [2.45, 2.75) is 13.8 Å². The number of aryl methyl sites for hydroxylation is 2. The van der Waals surface area contributed by atoms with E-state index in [1.54, 1.807) is 17.5 Å². The third kappa shape index (κ3) is 2.60. The molecule has 6 nitrogen and oxygen atoms in total. The Bertz CT molecular complexity index is 871. The van der Waals surface area contributed by atoms with Crippen molar-refractivity contribution in [3.63, 3.8) is 0 Å². The number of hydrogen-bond donors (Lipinski definition) is 1. The summed E-state index contributed by atoms with van der Waals surface area (Å²) in [6, 6.07) is 3.28. The van der Waals surface area contributed by atoms with E-state index < -0.39 is 0 Å². The van der Waals surface area contributed by atoms with Crippen molar-refractivity contribution < 1.29 is 4.39 Å². The molecule has 0 spiro atoms. The van der Waals surface area contributed by atoms with Crippen LogP contribution in [0.1, 0.15) is 11.4 Å². The van der Waals surface area contributed by atoms with E-state index in [-0.39, 0.29) is 18.2 Å². The van der Waals surface area contributed by atoms with Gasteiger partial charge < -0.3 is 10.2 Å². The molecule has 1 N–H and O–H groups in total. The fourth-order valence-electron chi connectivity index (χ4n) is 2.90. The molecule has 1 saturated heterocycles. The Balaban J connectivity index is 0.00000156. The number of anilines is 1. The molecule has 0 aliphatic carbocycles. The number of aromatic nitrogens is 4. The molecule has 0 radical (unpaired) electrons. The number of halogens is 2. The molecule has 0 unspecified atom stereocenters. The maximum Gasteiger partial charge on any atom is 0.229 e. The Morgan fingerprint density at radius 1 is 1.13 bits per heavy atom. The average molecular weight is 337 g/mol. The van der Waals surface area contributed by atoms with Gasteiger partial charge in [-0.2, -0.15) is 4.52 Å². The molecule has 1 aliphatic rings. The van der Waals surface area contributed by atoms with Crippen LogP contribution in [-0.4, -0.2) is 45.8 Å². The van der Waals surface area contributed by atoms with E-state index in [1.165, 1.54) is 6.07 Å². The van der Waals surface area contributed by atoms with Gasteiger partial charge in [0, 0.05) is 37.6 Å². The van der Waals surface area contributed by atoms with Crippen molar-refractivity contribution in [1.29, 1.82) is 0 Å². The van der Waals surface area contributed by atoms with E-state index >= 15 is 0 Å². The van der Waals surface area contributed by atoms with Crippen LogP contribution in [0.15, 0.2) is 12.1 Å². The number of nitrogens with zero attached hydrogens (tertiary/aromatic N) is 5. The van der Waals surface area contributed by atoms with E-state index in [1.807, 2.05) is 6.92 Å². The first kappa shape index (κ1) is 15.9. The highest BCUT2D eigenvalue weighted by molar-refractivity contribution is 5.93. The first-order valence-corrected chi connectivity index (χ1v) is 7.42. The SMILES string of the molecule is Cc1nc2c3cc(C)c(F)cc3nc(N3CCNCC3)n2n1.Cl. The van der Waals surface area contributed by atoms with Crippen molar-refractivity contribution in [1.82, 2.24) is 24.9 Å². The summed E-state index contributed by atoms with van der Waals surface area (Å²) in [5.74, 6) is 1.17. The van der Waals surface area contributed by atoms with Crippen LogP contribution in [0.5, 0.6) is 0 Å². The van der Waals surface area contributed by atoms with E-state index in [0.717, 1.165) is 43.2 Å². The second-order valence-electron chi connectivity index (χ2n) is 5.66. The zero-order valence-corrected chi connectivity index (χ0v) is 13.8. The molecule has 23 heavy (non-hydrogen) atoms. The Labute approximate surface area is 139 Å². The maximum absolute atomic E-state index is 13.9. The Morgan fingerprint density at radius 2 is 1.87 bits per heavy atom. The number of rotatable bonds is 1. The van der Waals surface area contributed by atoms with Gasteiger partial charge in [0.2, 0.25) is 5.95 Å². The monoisotopic (exact) mass is 336 g/mol. The van der Waals surface area contributed by atoms with Gasteiger partial charge >= 0.3 is 0 Å². The molecule has 3 aromatic rings. The Kier molecular flexibility index (Phi) is 4.08.